The molecular weight excluding hydrogens is 345 g/mol. The maximum Gasteiger partial charge on any atom is 0.240 e. The van der Waals surface area contributed by atoms with E-state index in [2.05, 4.69) is 14.9 Å². The fourth-order valence-electron chi connectivity index (χ4n) is 2.35. The largest absolute Gasteiger partial charge is 0.339 e. The van der Waals surface area contributed by atoms with Crippen LogP contribution < -0.4 is 4.72 Å². The summed E-state index contributed by atoms with van der Waals surface area (Å²) in [6, 6.07) is 12.9. The number of rotatable bonds is 6. The van der Waals surface area contributed by atoms with E-state index in [4.69, 9.17) is 4.52 Å². The predicted octanol–water partition coefficient (Wildman–Crippen LogP) is 2.71. The van der Waals surface area contributed by atoms with Crippen LogP contribution in [0.1, 0.15) is 11.5 Å². The van der Waals surface area contributed by atoms with Crippen LogP contribution in [0.4, 0.5) is 4.39 Å². The van der Waals surface area contributed by atoms with Crippen LogP contribution in [0, 0.1) is 12.7 Å². The van der Waals surface area contributed by atoms with Gasteiger partial charge in [0.15, 0.2) is 0 Å². The molecule has 130 valence electrons. The summed E-state index contributed by atoms with van der Waals surface area (Å²) in [6.45, 7) is 1.64. The maximum atomic E-state index is 13.1. The van der Waals surface area contributed by atoms with Gasteiger partial charge >= 0.3 is 0 Å². The lowest BCUT2D eigenvalue weighted by molar-refractivity contribution is 0.379. The zero-order valence-electron chi connectivity index (χ0n) is 13.4. The third-order valence-electron chi connectivity index (χ3n) is 3.56. The summed E-state index contributed by atoms with van der Waals surface area (Å²) >= 11 is 0. The van der Waals surface area contributed by atoms with Crippen molar-refractivity contribution in [1.82, 2.24) is 14.9 Å². The molecule has 1 N–H and O–H groups in total. The molecular formula is C17H16FN3O3S. The minimum atomic E-state index is -3.73. The minimum Gasteiger partial charge on any atom is -0.339 e. The number of nitrogens with zero attached hydrogens (tertiary/aromatic N) is 2. The van der Waals surface area contributed by atoms with Crippen LogP contribution in [0.25, 0.3) is 11.4 Å². The number of aromatic nitrogens is 2. The van der Waals surface area contributed by atoms with E-state index in [-0.39, 0.29) is 17.9 Å². The Hall–Kier alpha value is -2.58. The number of halogens is 1. The van der Waals surface area contributed by atoms with Gasteiger partial charge in [0.2, 0.25) is 21.7 Å². The van der Waals surface area contributed by atoms with Crippen molar-refractivity contribution in [1.29, 1.82) is 0 Å². The summed E-state index contributed by atoms with van der Waals surface area (Å²) in [5.74, 6) is 0.306. The van der Waals surface area contributed by atoms with Crippen molar-refractivity contribution < 1.29 is 17.3 Å². The molecule has 0 bridgehead atoms. The van der Waals surface area contributed by atoms with Gasteiger partial charge in [0.05, 0.1) is 4.90 Å². The Labute approximate surface area is 144 Å². The number of aryl methyl sites for hydroxylation is 1. The molecule has 0 saturated heterocycles. The quantitative estimate of drug-likeness (QED) is 0.730. The first-order valence-electron chi connectivity index (χ1n) is 7.59. The van der Waals surface area contributed by atoms with E-state index in [1.165, 1.54) is 12.1 Å². The molecule has 3 aromatic rings. The van der Waals surface area contributed by atoms with Gasteiger partial charge in [-0.05, 0) is 30.7 Å². The highest BCUT2D eigenvalue weighted by Gasteiger charge is 2.17. The molecule has 3 rings (SSSR count). The zero-order valence-corrected chi connectivity index (χ0v) is 14.3. The second-order valence-corrected chi connectivity index (χ2v) is 7.17. The summed E-state index contributed by atoms with van der Waals surface area (Å²) < 4.78 is 45.3. The lowest BCUT2D eigenvalue weighted by Gasteiger charge is -2.08. The highest BCUT2D eigenvalue weighted by Crippen LogP contribution is 2.17. The lowest BCUT2D eigenvalue weighted by Crippen LogP contribution is -2.26. The van der Waals surface area contributed by atoms with Gasteiger partial charge in [0.25, 0.3) is 0 Å². The summed E-state index contributed by atoms with van der Waals surface area (Å²) in [7, 11) is -3.73. The van der Waals surface area contributed by atoms with E-state index >= 15 is 0 Å². The Morgan fingerprint density at radius 3 is 2.64 bits per heavy atom. The van der Waals surface area contributed by atoms with Gasteiger partial charge < -0.3 is 4.52 Å². The van der Waals surface area contributed by atoms with E-state index in [0.717, 1.165) is 11.6 Å². The average molecular weight is 361 g/mol. The van der Waals surface area contributed by atoms with Crippen molar-refractivity contribution in [3.8, 4) is 11.4 Å². The Morgan fingerprint density at radius 1 is 1.16 bits per heavy atom. The minimum absolute atomic E-state index is 0.0457. The molecule has 1 aromatic heterocycles. The Balaban J connectivity index is 1.64. The molecule has 2 aromatic carbocycles. The summed E-state index contributed by atoms with van der Waals surface area (Å²) in [5, 5.41) is 3.88. The molecule has 0 aliphatic carbocycles. The highest BCUT2D eigenvalue weighted by molar-refractivity contribution is 7.89. The molecule has 0 aliphatic heterocycles. The fourth-order valence-corrected chi connectivity index (χ4v) is 3.60. The van der Waals surface area contributed by atoms with Crippen molar-refractivity contribution in [2.45, 2.75) is 18.2 Å². The molecule has 0 radical (unpaired) electrons. The first-order valence-corrected chi connectivity index (χ1v) is 9.08. The van der Waals surface area contributed by atoms with Crippen molar-refractivity contribution in [2.75, 3.05) is 6.54 Å². The molecule has 0 spiro atoms. The average Bonchev–Trinajstić information content (AvgIpc) is 3.04. The van der Waals surface area contributed by atoms with Crippen LogP contribution in [-0.2, 0) is 16.4 Å². The van der Waals surface area contributed by atoms with Crippen molar-refractivity contribution in [3.05, 3.63) is 65.8 Å². The van der Waals surface area contributed by atoms with Gasteiger partial charge in [-0.25, -0.2) is 17.5 Å². The zero-order chi connectivity index (χ0) is 17.9. The first kappa shape index (κ1) is 17.2. The molecule has 25 heavy (non-hydrogen) atoms. The molecule has 0 atom stereocenters. The van der Waals surface area contributed by atoms with Crippen LogP contribution in [0.5, 0.6) is 0 Å². The number of nitrogens with one attached hydrogen (secondary N) is 1. The van der Waals surface area contributed by atoms with Gasteiger partial charge in [-0.2, -0.15) is 4.98 Å². The molecule has 0 unspecified atom stereocenters. The number of hydrogen-bond acceptors (Lipinski definition) is 5. The highest BCUT2D eigenvalue weighted by atomic mass is 32.2. The van der Waals surface area contributed by atoms with Gasteiger partial charge in [0.1, 0.15) is 5.82 Å². The SMILES string of the molecule is Cc1cc(F)ccc1S(=O)(=O)NCCc1nc(-c2ccccc2)no1. The van der Waals surface area contributed by atoms with Crippen LogP contribution in [-0.4, -0.2) is 25.1 Å². The van der Waals surface area contributed by atoms with Crippen LogP contribution in [0.2, 0.25) is 0 Å². The van der Waals surface area contributed by atoms with E-state index in [1.807, 2.05) is 30.3 Å². The number of sulfonamides is 1. The van der Waals surface area contributed by atoms with E-state index in [0.29, 0.717) is 17.3 Å². The third-order valence-corrected chi connectivity index (χ3v) is 5.18. The van der Waals surface area contributed by atoms with Gasteiger partial charge in [0, 0.05) is 18.5 Å². The molecule has 0 fully saturated rings. The molecule has 0 aliphatic rings. The second kappa shape index (κ2) is 7.12. The molecule has 0 saturated carbocycles. The monoisotopic (exact) mass is 361 g/mol. The van der Waals surface area contributed by atoms with E-state index in [1.54, 1.807) is 6.92 Å². The van der Waals surface area contributed by atoms with Gasteiger partial charge in [-0.15, -0.1) is 0 Å². The molecule has 0 amide bonds. The first-order chi connectivity index (χ1) is 12.0. The Morgan fingerprint density at radius 2 is 1.92 bits per heavy atom. The fraction of sp³-hybridized carbons (Fsp3) is 0.176. The molecule has 8 heteroatoms. The van der Waals surface area contributed by atoms with Crippen molar-refractivity contribution in [3.63, 3.8) is 0 Å². The van der Waals surface area contributed by atoms with Crippen LogP contribution in [0.15, 0.2) is 57.9 Å². The smallest absolute Gasteiger partial charge is 0.240 e. The summed E-state index contributed by atoms with van der Waals surface area (Å²) in [5.41, 5.74) is 1.16. The molecule has 1 heterocycles. The Bertz CT molecular complexity index is 972. The van der Waals surface area contributed by atoms with Crippen molar-refractivity contribution in [2.24, 2.45) is 0 Å². The van der Waals surface area contributed by atoms with Crippen LogP contribution >= 0.6 is 0 Å². The summed E-state index contributed by atoms with van der Waals surface area (Å²) in [4.78, 5) is 4.29. The summed E-state index contributed by atoms with van der Waals surface area (Å²) in [6.07, 6.45) is 0.249. The maximum absolute atomic E-state index is 13.1. The topological polar surface area (TPSA) is 85.1 Å². The second-order valence-electron chi connectivity index (χ2n) is 5.44. The third kappa shape index (κ3) is 4.09. The van der Waals surface area contributed by atoms with Crippen LogP contribution in [0.3, 0.4) is 0 Å². The number of benzene rings is 2. The number of hydrogen-bond donors (Lipinski definition) is 1. The predicted molar refractivity (Wildman–Crippen MR) is 89.8 cm³/mol. The van der Waals surface area contributed by atoms with Gasteiger partial charge in [-0.3, -0.25) is 0 Å². The van der Waals surface area contributed by atoms with Crippen molar-refractivity contribution >= 4 is 10.0 Å². The normalized spacial score (nSPS) is 11.6. The lowest BCUT2D eigenvalue weighted by atomic mass is 10.2. The molecule has 6 nitrogen and oxygen atoms in total. The van der Waals surface area contributed by atoms with Gasteiger partial charge in [-0.1, -0.05) is 35.5 Å². The Kier molecular flexibility index (Phi) is 4.91. The standard InChI is InChI=1S/C17H16FN3O3S/c1-12-11-14(18)7-8-15(12)25(22,23)19-10-9-16-20-17(21-24-16)13-5-3-2-4-6-13/h2-8,11,19H,9-10H2,1H3. The van der Waals surface area contributed by atoms with E-state index in [9.17, 15) is 12.8 Å². The van der Waals surface area contributed by atoms with E-state index < -0.39 is 15.8 Å².